The van der Waals surface area contributed by atoms with Gasteiger partial charge in [0, 0.05) is 0 Å². The predicted molar refractivity (Wildman–Crippen MR) is 72.5 cm³/mol. The van der Waals surface area contributed by atoms with Gasteiger partial charge in [-0.2, -0.15) is 8.42 Å². The van der Waals surface area contributed by atoms with Crippen molar-refractivity contribution in [2.45, 2.75) is 31.6 Å². The lowest BCUT2D eigenvalue weighted by Gasteiger charge is -2.08. The number of benzene rings is 2. The maximum atomic E-state index is 11.4. The van der Waals surface area contributed by atoms with E-state index in [-0.39, 0.29) is 4.90 Å². The molecule has 0 aliphatic heterocycles. The second-order valence-electron chi connectivity index (χ2n) is 4.32. The van der Waals surface area contributed by atoms with Crippen LogP contribution in [0.2, 0.25) is 0 Å². The van der Waals surface area contributed by atoms with Crippen LogP contribution in [0.15, 0.2) is 35.2 Å². The van der Waals surface area contributed by atoms with Crippen molar-refractivity contribution in [1.82, 2.24) is 0 Å². The molecule has 0 aromatic heterocycles. The fourth-order valence-corrected chi connectivity index (χ4v) is 2.92. The van der Waals surface area contributed by atoms with E-state index in [4.69, 9.17) is 0 Å². The van der Waals surface area contributed by atoms with Crippen molar-refractivity contribution in [3.8, 4) is 0 Å². The van der Waals surface area contributed by atoms with Gasteiger partial charge in [-0.15, -0.1) is 0 Å². The Bertz CT molecular complexity index is 687. The third-order valence-corrected chi connectivity index (χ3v) is 4.09. The zero-order chi connectivity index (χ0) is 13.3. The summed E-state index contributed by atoms with van der Waals surface area (Å²) in [5, 5.41) is 1.84. The van der Waals surface area contributed by atoms with Crippen LogP contribution in [0.5, 0.6) is 0 Å². The number of hydrogen-bond donors (Lipinski definition) is 1. The summed E-state index contributed by atoms with van der Waals surface area (Å²) >= 11 is 0. The Labute approximate surface area is 107 Å². The molecule has 2 aromatic carbocycles. The average molecular weight is 264 g/mol. The lowest BCUT2D eigenvalue weighted by molar-refractivity contribution is 0.482. The molecule has 2 aromatic rings. The molecule has 0 saturated carbocycles. The molecule has 0 atom stereocenters. The molecule has 2 rings (SSSR count). The van der Waals surface area contributed by atoms with E-state index >= 15 is 0 Å². The molecule has 0 aliphatic rings. The molecule has 0 unspecified atom stereocenters. The van der Waals surface area contributed by atoms with E-state index in [2.05, 4.69) is 0 Å². The van der Waals surface area contributed by atoms with Crippen LogP contribution >= 0.6 is 0 Å². The summed E-state index contributed by atoms with van der Waals surface area (Å²) in [5.41, 5.74) is 1.79. The van der Waals surface area contributed by atoms with Crippen molar-refractivity contribution in [2.24, 2.45) is 0 Å². The van der Waals surface area contributed by atoms with Gasteiger partial charge in [-0.3, -0.25) is 4.55 Å². The maximum absolute atomic E-state index is 11.4. The summed E-state index contributed by atoms with van der Waals surface area (Å²) in [4.78, 5) is 0.0192. The zero-order valence-corrected chi connectivity index (χ0v) is 11.3. The molecule has 0 amide bonds. The molecule has 0 radical (unpaired) electrons. The molecule has 4 heteroatoms. The van der Waals surface area contributed by atoms with E-state index in [1.807, 2.05) is 38.1 Å². The van der Waals surface area contributed by atoms with Crippen molar-refractivity contribution in [2.75, 3.05) is 0 Å². The van der Waals surface area contributed by atoms with Gasteiger partial charge in [-0.25, -0.2) is 0 Å². The highest BCUT2D eigenvalue weighted by molar-refractivity contribution is 7.85. The number of aryl methyl sites for hydroxylation is 2. The Hall–Kier alpha value is -1.39. The first kappa shape index (κ1) is 13.1. The van der Waals surface area contributed by atoms with Gasteiger partial charge in [0.05, 0.1) is 4.90 Å². The number of fused-ring (bicyclic) bond motifs is 1. The summed E-state index contributed by atoms with van der Waals surface area (Å²) in [6, 6.07) is 9.37. The fraction of sp³-hybridized carbons (Fsp3) is 0.286. The van der Waals surface area contributed by atoms with Crippen molar-refractivity contribution in [1.29, 1.82) is 0 Å². The first-order valence-corrected chi connectivity index (χ1v) is 7.42. The minimum absolute atomic E-state index is 0.0192. The van der Waals surface area contributed by atoms with Crippen LogP contribution in [0.4, 0.5) is 0 Å². The second-order valence-corrected chi connectivity index (χ2v) is 5.71. The molecule has 3 nitrogen and oxygen atoms in total. The van der Waals surface area contributed by atoms with Gasteiger partial charge in [0.25, 0.3) is 10.1 Å². The van der Waals surface area contributed by atoms with Crippen LogP contribution in [-0.2, 0) is 23.0 Å². The van der Waals surface area contributed by atoms with E-state index in [1.165, 1.54) is 0 Å². The normalized spacial score (nSPS) is 11.9. The quantitative estimate of drug-likeness (QED) is 0.866. The van der Waals surface area contributed by atoms with Gasteiger partial charge in [-0.1, -0.05) is 32.0 Å². The topological polar surface area (TPSA) is 54.4 Å². The van der Waals surface area contributed by atoms with Crippen LogP contribution in [0.1, 0.15) is 25.0 Å². The molecule has 1 N–H and O–H groups in total. The highest BCUT2D eigenvalue weighted by atomic mass is 32.2. The molecular weight excluding hydrogens is 248 g/mol. The average Bonchev–Trinajstić information content (AvgIpc) is 2.35. The molecule has 0 saturated heterocycles. The van der Waals surface area contributed by atoms with Crippen molar-refractivity contribution in [3.63, 3.8) is 0 Å². The van der Waals surface area contributed by atoms with E-state index in [9.17, 15) is 13.0 Å². The Morgan fingerprint density at radius 2 is 1.72 bits per heavy atom. The van der Waals surface area contributed by atoms with E-state index in [1.54, 1.807) is 6.07 Å². The summed E-state index contributed by atoms with van der Waals surface area (Å²) in [6.07, 6.45) is 1.47. The smallest absolute Gasteiger partial charge is 0.282 e. The van der Waals surface area contributed by atoms with Gasteiger partial charge < -0.3 is 0 Å². The van der Waals surface area contributed by atoms with Crippen LogP contribution in [0.25, 0.3) is 10.8 Å². The minimum Gasteiger partial charge on any atom is -0.282 e. The first-order chi connectivity index (χ1) is 8.45. The molecule has 18 heavy (non-hydrogen) atoms. The first-order valence-electron chi connectivity index (χ1n) is 5.98. The highest BCUT2D eigenvalue weighted by Crippen LogP contribution is 2.25. The van der Waals surface area contributed by atoms with Crippen LogP contribution in [0.3, 0.4) is 0 Å². The summed E-state index contributed by atoms with van der Waals surface area (Å²) in [7, 11) is -4.16. The van der Waals surface area contributed by atoms with Crippen LogP contribution in [-0.4, -0.2) is 13.0 Å². The number of hydrogen-bond acceptors (Lipinski definition) is 2. The monoisotopic (exact) mass is 264 g/mol. The third kappa shape index (κ3) is 2.40. The van der Waals surface area contributed by atoms with Gasteiger partial charge in [-0.05, 0) is 46.9 Å². The minimum atomic E-state index is -4.16. The molecule has 0 spiro atoms. The SMILES string of the molecule is CCc1ccc2cc(CC)c(S(=O)(=O)O)cc2c1. The van der Waals surface area contributed by atoms with Gasteiger partial charge >= 0.3 is 0 Å². The molecule has 0 heterocycles. The summed E-state index contributed by atoms with van der Waals surface area (Å²) in [5.74, 6) is 0. The highest BCUT2D eigenvalue weighted by Gasteiger charge is 2.15. The number of rotatable bonds is 3. The second kappa shape index (κ2) is 4.71. The lowest BCUT2D eigenvalue weighted by atomic mass is 10.0. The summed E-state index contributed by atoms with van der Waals surface area (Å²) < 4.78 is 32.0. The zero-order valence-electron chi connectivity index (χ0n) is 10.5. The molecule has 0 fully saturated rings. The van der Waals surface area contributed by atoms with Crippen LogP contribution in [0, 0.1) is 0 Å². The van der Waals surface area contributed by atoms with E-state index in [0.29, 0.717) is 12.0 Å². The Morgan fingerprint density at radius 1 is 1.00 bits per heavy atom. The molecule has 0 aliphatic carbocycles. The van der Waals surface area contributed by atoms with Crippen LogP contribution < -0.4 is 0 Å². The maximum Gasteiger partial charge on any atom is 0.294 e. The Kier molecular flexibility index (Phi) is 3.41. The van der Waals surface area contributed by atoms with E-state index in [0.717, 1.165) is 22.8 Å². The largest absolute Gasteiger partial charge is 0.294 e. The van der Waals surface area contributed by atoms with Gasteiger partial charge in [0.2, 0.25) is 0 Å². The van der Waals surface area contributed by atoms with Crippen molar-refractivity contribution >= 4 is 20.9 Å². The van der Waals surface area contributed by atoms with Gasteiger partial charge in [0.1, 0.15) is 0 Å². The van der Waals surface area contributed by atoms with Crippen molar-refractivity contribution in [3.05, 3.63) is 41.5 Å². The summed E-state index contributed by atoms with van der Waals surface area (Å²) in [6.45, 7) is 3.92. The fourth-order valence-electron chi connectivity index (χ4n) is 2.11. The Balaban J connectivity index is 2.78. The molecule has 96 valence electrons. The van der Waals surface area contributed by atoms with E-state index < -0.39 is 10.1 Å². The predicted octanol–water partition coefficient (Wildman–Crippen LogP) is 3.21. The van der Waals surface area contributed by atoms with Gasteiger partial charge in [0.15, 0.2) is 0 Å². The third-order valence-electron chi connectivity index (χ3n) is 3.15. The Morgan fingerprint density at radius 3 is 2.28 bits per heavy atom. The lowest BCUT2D eigenvalue weighted by Crippen LogP contribution is -2.02. The molecule has 0 bridgehead atoms. The molecular formula is C14H16O3S. The standard InChI is InChI=1S/C14H16O3S/c1-3-10-5-6-12-8-11(4-2)14(18(15,16)17)9-13(12)7-10/h5-9H,3-4H2,1-2H3,(H,15,16,17). The van der Waals surface area contributed by atoms with Crippen molar-refractivity contribution < 1.29 is 13.0 Å².